The van der Waals surface area contributed by atoms with Crippen LogP contribution in [0.3, 0.4) is 0 Å². The molecule has 5 heteroatoms. The molecule has 98 valence electrons. The van der Waals surface area contributed by atoms with Crippen molar-refractivity contribution in [3.05, 3.63) is 25.3 Å². The topological polar surface area (TPSA) is 49.4 Å². The summed E-state index contributed by atoms with van der Waals surface area (Å²) in [6, 6.07) is 0.0888. The van der Waals surface area contributed by atoms with Crippen LogP contribution >= 0.6 is 0 Å². The summed E-state index contributed by atoms with van der Waals surface area (Å²) in [6.45, 7) is 10.5. The van der Waals surface area contributed by atoms with Gasteiger partial charge in [0.05, 0.1) is 11.5 Å². The zero-order valence-electron chi connectivity index (χ0n) is 10.3. The molecule has 4 nitrogen and oxygen atoms in total. The van der Waals surface area contributed by atoms with Gasteiger partial charge in [-0.05, 0) is 6.42 Å². The summed E-state index contributed by atoms with van der Waals surface area (Å²) in [6.07, 6.45) is 4.56. The van der Waals surface area contributed by atoms with E-state index in [4.69, 9.17) is 0 Å². The Morgan fingerprint density at radius 1 is 1.29 bits per heavy atom. The maximum absolute atomic E-state index is 11.5. The van der Waals surface area contributed by atoms with E-state index >= 15 is 0 Å². The second kappa shape index (κ2) is 6.93. The first kappa shape index (κ1) is 14.4. The summed E-state index contributed by atoms with van der Waals surface area (Å²) < 4.78 is 22.9. The Hall–Kier alpha value is -0.650. The summed E-state index contributed by atoms with van der Waals surface area (Å²) in [5, 5.41) is 3.26. The number of rotatable bonds is 7. The molecule has 0 radical (unpaired) electrons. The van der Waals surface area contributed by atoms with Crippen LogP contribution in [0.25, 0.3) is 0 Å². The van der Waals surface area contributed by atoms with E-state index in [9.17, 15) is 8.42 Å². The van der Waals surface area contributed by atoms with Gasteiger partial charge in [-0.15, -0.1) is 13.2 Å². The van der Waals surface area contributed by atoms with Crippen LogP contribution in [0.5, 0.6) is 0 Å². The van der Waals surface area contributed by atoms with E-state index in [1.807, 2.05) is 12.2 Å². The Labute approximate surface area is 104 Å². The van der Waals surface area contributed by atoms with Crippen LogP contribution in [0.4, 0.5) is 0 Å². The van der Waals surface area contributed by atoms with Crippen LogP contribution in [0, 0.1) is 0 Å². The maximum Gasteiger partial charge on any atom is 0.153 e. The fraction of sp³-hybridized carbons (Fsp3) is 0.667. The van der Waals surface area contributed by atoms with E-state index in [2.05, 4.69) is 23.4 Å². The normalized spacial score (nSPS) is 23.5. The van der Waals surface area contributed by atoms with Crippen LogP contribution in [0.15, 0.2) is 25.3 Å². The van der Waals surface area contributed by atoms with Crippen LogP contribution < -0.4 is 5.32 Å². The van der Waals surface area contributed by atoms with E-state index in [-0.39, 0.29) is 17.5 Å². The van der Waals surface area contributed by atoms with Crippen molar-refractivity contribution in [1.82, 2.24) is 10.2 Å². The molecule has 1 N–H and O–H groups in total. The number of hydrogen-bond acceptors (Lipinski definition) is 4. The lowest BCUT2D eigenvalue weighted by Crippen LogP contribution is -2.46. The molecule has 1 aliphatic rings. The summed E-state index contributed by atoms with van der Waals surface area (Å²) in [5.41, 5.74) is 0. The van der Waals surface area contributed by atoms with Crippen molar-refractivity contribution >= 4 is 9.84 Å². The Kier molecular flexibility index (Phi) is 5.88. The molecule has 0 amide bonds. The van der Waals surface area contributed by atoms with Gasteiger partial charge in [0.1, 0.15) is 0 Å². The first-order chi connectivity index (χ1) is 8.07. The predicted octanol–water partition coefficient (Wildman–Crippen LogP) is 0.437. The van der Waals surface area contributed by atoms with Crippen molar-refractivity contribution in [2.75, 3.05) is 37.7 Å². The molecule has 0 aliphatic carbocycles. The summed E-state index contributed by atoms with van der Waals surface area (Å²) in [5.74, 6) is 0.537. The smallest absolute Gasteiger partial charge is 0.153 e. The van der Waals surface area contributed by atoms with E-state index < -0.39 is 9.84 Å². The summed E-state index contributed by atoms with van der Waals surface area (Å²) in [4.78, 5) is 2.20. The summed E-state index contributed by atoms with van der Waals surface area (Å²) in [7, 11) is -2.83. The molecule has 1 saturated heterocycles. The van der Waals surface area contributed by atoms with Gasteiger partial charge in [0, 0.05) is 32.2 Å². The van der Waals surface area contributed by atoms with Crippen LogP contribution in [0.2, 0.25) is 0 Å². The monoisotopic (exact) mass is 258 g/mol. The van der Waals surface area contributed by atoms with Crippen molar-refractivity contribution < 1.29 is 8.42 Å². The average Bonchev–Trinajstić information content (AvgIpc) is 2.25. The molecule has 1 rings (SSSR count). The molecule has 1 unspecified atom stereocenters. The Bertz CT molecular complexity index is 342. The Balaban J connectivity index is 2.37. The molecule has 0 aromatic rings. The highest BCUT2D eigenvalue weighted by molar-refractivity contribution is 7.91. The molecule has 17 heavy (non-hydrogen) atoms. The third-order valence-electron chi connectivity index (χ3n) is 2.87. The van der Waals surface area contributed by atoms with Crippen LogP contribution in [0.1, 0.15) is 6.42 Å². The highest BCUT2D eigenvalue weighted by Crippen LogP contribution is 2.06. The zero-order chi connectivity index (χ0) is 12.7. The van der Waals surface area contributed by atoms with Crippen molar-refractivity contribution in [1.29, 1.82) is 0 Å². The van der Waals surface area contributed by atoms with Gasteiger partial charge in [0.2, 0.25) is 0 Å². The fourth-order valence-corrected chi connectivity index (χ4v) is 3.51. The molecule has 1 heterocycles. The Morgan fingerprint density at radius 2 is 1.94 bits per heavy atom. The van der Waals surface area contributed by atoms with Crippen LogP contribution in [-0.4, -0.2) is 57.0 Å². The molecule has 1 fully saturated rings. The molecular weight excluding hydrogens is 236 g/mol. The van der Waals surface area contributed by atoms with Gasteiger partial charge in [0.15, 0.2) is 9.84 Å². The fourth-order valence-electron chi connectivity index (χ4n) is 2.01. The third kappa shape index (κ3) is 5.48. The first-order valence-corrected chi connectivity index (χ1v) is 7.77. The second-order valence-electron chi connectivity index (χ2n) is 4.39. The molecule has 0 spiro atoms. The minimum atomic E-state index is -2.83. The van der Waals surface area contributed by atoms with Gasteiger partial charge in [-0.2, -0.15) is 0 Å². The number of hydrogen-bond donors (Lipinski definition) is 1. The standard InChI is InChI=1S/C12H22N2O2S/c1-3-7-14(8-4-2)9-5-12-11-17(15,16)10-6-13-12/h3-4,12-13H,1-2,5-11H2. The van der Waals surface area contributed by atoms with E-state index in [0.29, 0.717) is 6.54 Å². The molecule has 0 aromatic carbocycles. The van der Waals surface area contributed by atoms with Crippen LogP contribution in [-0.2, 0) is 9.84 Å². The van der Waals surface area contributed by atoms with E-state index in [1.54, 1.807) is 0 Å². The molecule has 1 atom stereocenters. The van der Waals surface area contributed by atoms with Gasteiger partial charge in [-0.25, -0.2) is 8.42 Å². The molecule has 1 aliphatic heterocycles. The summed E-state index contributed by atoms with van der Waals surface area (Å²) >= 11 is 0. The Morgan fingerprint density at radius 3 is 2.47 bits per heavy atom. The van der Waals surface area contributed by atoms with E-state index in [0.717, 1.165) is 26.1 Å². The number of sulfone groups is 1. The minimum absolute atomic E-state index is 0.0888. The van der Waals surface area contributed by atoms with Gasteiger partial charge in [-0.3, -0.25) is 4.90 Å². The maximum atomic E-state index is 11.5. The molecule has 0 aromatic heterocycles. The van der Waals surface area contributed by atoms with Crippen molar-refractivity contribution in [2.45, 2.75) is 12.5 Å². The lowest BCUT2D eigenvalue weighted by molar-refractivity contribution is 0.310. The van der Waals surface area contributed by atoms with Gasteiger partial charge in [-0.1, -0.05) is 12.2 Å². The van der Waals surface area contributed by atoms with Crippen molar-refractivity contribution in [3.63, 3.8) is 0 Å². The van der Waals surface area contributed by atoms with E-state index in [1.165, 1.54) is 0 Å². The average molecular weight is 258 g/mol. The van der Waals surface area contributed by atoms with Gasteiger partial charge < -0.3 is 5.32 Å². The van der Waals surface area contributed by atoms with Gasteiger partial charge >= 0.3 is 0 Å². The largest absolute Gasteiger partial charge is 0.312 e. The second-order valence-corrected chi connectivity index (χ2v) is 6.62. The molecule has 0 saturated carbocycles. The molecule has 0 bridgehead atoms. The highest BCUT2D eigenvalue weighted by atomic mass is 32.2. The first-order valence-electron chi connectivity index (χ1n) is 5.95. The third-order valence-corrected chi connectivity index (χ3v) is 4.61. The predicted molar refractivity (Wildman–Crippen MR) is 71.9 cm³/mol. The quantitative estimate of drug-likeness (QED) is 0.673. The van der Waals surface area contributed by atoms with Gasteiger partial charge in [0.25, 0.3) is 0 Å². The van der Waals surface area contributed by atoms with Crippen molar-refractivity contribution in [2.24, 2.45) is 0 Å². The lowest BCUT2D eigenvalue weighted by Gasteiger charge is -2.26. The molecular formula is C12H22N2O2S. The SMILES string of the molecule is C=CCN(CC=C)CCC1CS(=O)(=O)CCN1. The highest BCUT2D eigenvalue weighted by Gasteiger charge is 2.24. The number of nitrogens with one attached hydrogen (secondary N) is 1. The van der Waals surface area contributed by atoms with Crippen molar-refractivity contribution in [3.8, 4) is 0 Å². The number of nitrogens with zero attached hydrogens (tertiary/aromatic N) is 1. The lowest BCUT2D eigenvalue weighted by atomic mass is 10.2. The minimum Gasteiger partial charge on any atom is -0.312 e. The zero-order valence-corrected chi connectivity index (χ0v) is 11.1.